The topological polar surface area (TPSA) is 64.4 Å². The maximum Gasteiger partial charge on any atom is 0.251 e. The van der Waals surface area contributed by atoms with Crippen LogP contribution in [0, 0.1) is 5.82 Å². The van der Waals surface area contributed by atoms with E-state index in [1.165, 1.54) is 18.2 Å². The van der Waals surface area contributed by atoms with Gasteiger partial charge in [0.2, 0.25) is 0 Å². The summed E-state index contributed by atoms with van der Waals surface area (Å²) in [5.74, 6) is -0.0498. The summed E-state index contributed by atoms with van der Waals surface area (Å²) in [4.78, 5) is 11.8. The molecule has 0 atom stereocenters. The number of amides is 1. The number of nitrogens with one attached hydrogen (secondary N) is 1. The van der Waals surface area contributed by atoms with Gasteiger partial charge >= 0.3 is 0 Å². The molecule has 1 amide bonds. The summed E-state index contributed by atoms with van der Waals surface area (Å²) < 4.78 is 19.4. The van der Waals surface area contributed by atoms with E-state index in [-0.39, 0.29) is 5.91 Å². The first kappa shape index (κ1) is 15.3. The Kier molecular flexibility index (Phi) is 4.80. The average molecular weight is 353 g/mol. The Labute approximate surface area is 130 Å². The number of halogens is 2. The second kappa shape index (κ2) is 6.58. The van der Waals surface area contributed by atoms with Gasteiger partial charge in [-0.2, -0.15) is 0 Å². The number of ether oxygens (including phenoxy) is 1. The zero-order valence-electron chi connectivity index (χ0n) is 11.3. The molecule has 0 radical (unpaired) electrons. The van der Waals surface area contributed by atoms with Gasteiger partial charge in [-0.3, -0.25) is 4.79 Å². The second-order valence-electron chi connectivity index (χ2n) is 4.29. The molecule has 2 aromatic rings. The highest BCUT2D eigenvalue weighted by atomic mass is 79.9. The van der Waals surface area contributed by atoms with Gasteiger partial charge in [-0.05, 0) is 53.2 Å². The van der Waals surface area contributed by atoms with Gasteiger partial charge in [-0.1, -0.05) is 0 Å². The Morgan fingerprint density at radius 2 is 2.10 bits per heavy atom. The van der Waals surface area contributed by atoms with Gasteiger partial charge in [0.25, 0.3) is 5.91 Å². The van der Waals surface area contributed by atoms with Crippen molar-refractivity contribution in [3.63, 3.8) is 0 Å². The highest BCUT2D eigenvalue weighted by Gasteiger charge is 2.10. The molecule has 0 aliphatic carbocycles. The van der Waals surface area contributed by atoms with Crippen molar-refractivity contribution in [2.75, 3.05) is 12.3 Å². The lowest BCUT2D eigenvalue weighted by molar-refractivity contribution is 0.0955. The normalized spacial score (nSPS) is 10.2. The monoisotopic (exact) mass is 352 g/mol. The third-order valence-corrected chi connectivity index (χ3v) is 3.38. The third kappa shape index (κ3) is 3.72. The molecule has 3 N–H and O–H groups in total. The number of nitrogens with two attached hydrogens (primary N) is 1. The van der Waals surface area contributed by atoms with Crippen LogP contribution in [-0.4, -0.2) is 12.5 Å². The van der Waals surface area contributed by atoms with Crippen LogP contribution in [0.1, 0.15) is 17.3 Å². The fourth-order valence-corrected chi connectivity index (χ4v) is 1.94. The number of carbonyl (C=O) groups is 1. The molecule has 0 fully saturated rings. The smallest absolute Gasteiger partial charge is 0.251 e. The van der Waals surface area contributed by atoms with Crippen LogP contribution < -0.4 is 15.8 Å². The molecule has 0 saturated carbocycles. The van der Waals surface area contributed by atoms with Crippen LogP contribution >= 0.6 is 15.9 Å². The molecular weight excluding hydrogens is 339 g/mol. The van der Waals surface area contributed by atoms with Crippen molar-refractivity contribution in [3.05, 3.63) is 52.3 Å². The van der Waals surface area contributed by atoms with E-state index in [0.29, 0.717) is 33.8 Å². The van der Waals surface area contributed by atoms with Gasteiger partial charge in [-0.15, -0.1) is 0 Å². The number of carbonyl (C=O) groups excluding carboxylic acids is 1. The van der Waals surface area contributed by atoms with E-state index < -0.39 is 5.82 Å². The van der Waals surface area contributed by atoms with Gasteiger partial charge in [0.05, 0.1) is 10.2 Å². The number of benzene rings is 2. The third-order valence-electron chi connectivity index (χ3n) is 2.73. The van der Waals surface area contributed by atoms with Crippen LogP contribution in [0.25, 0.3) is 0 Å². The van der Waals surface area contributed by atoms with E-state index >= 15 is 0 Å². The number of rotatable bonds is 4. The molecule has 2 rings (SSSR count). The second-order valence-corrected chi connectivity index (χ2v) is 5.14. The van der Waals surface area contributed by atoms with Crippen LogP contribution in [0.3, 0.4) is 0 Å². The van der Waals surface area contributed by atoms with Gasteiger partial charge in [0.1, 0.15) is 11.6 Å². The zero-order valence-corrected chi connectivity index (χ0v) is 12.9. The average Bonchev–Trinajstić information content (AvgIpc) is 2.45. The van der Waals surface area contributed by atoms with Gasteiger partial charge in [-0.25, -0.2) is 4.39 Å². The van der Waals surface area contributed by atoms with E-state index in [1.807, 2.05) is 6.92 Å². The predicted octanol–water partition coefficient (Wildman–Crippen LogP) is 3.71. The molecular formula is C15H14BrFN2O2. The molecule has 21 heavy (non-hydrogen) atoms. The molecule has 0 saturated heterocycles. The van der Waals surface area contributed by atoms with Crippen LogP contribution in [0.4, 0.5) is 10.1 Å². The highest BCUT2D eigenvalue weighted by molar-refractivity contribution is 9.10. The standard InChI is InChI=1S/C15H14BrFN2O2/c1-2-19-15(20)9-3-6-13(18)14(7-9)21-10-4-5-11(16)12(17)8-10/h3-8H,2,18H2,1H3,(H,19,20). The van der Waals surface area contributed by atoms with E-state index in [9.17, 15) is 9.18 Å². The minimum atomic E-state index is -0.439. The molecule has 0 unspecified atom stereocenters. The van der Waals surface area contributed by atoms with Crippen molar-refractivity contribution >= 4 is 27.5 Å². The van der Waals surface area contributed by atoms with Crippen molar-refractivity contribution in [3.8, 4) is 11.5 Å². The minimum Gasteiger partial charge on any atom is -0.455 e. The fourth-order valence-electron chi connectivity index (χ4n) is 1.69. The number of hydrogen-bond acceptors (Lipinski definition) is 3. The summed E-state index contributed by atoms with van der Waals surface area (Å²) in [6, 6.07) is 9.09. The molecule has 2 aromatic carbocycles. The summed E-state index contributed by atoms with van der Waals surface area (Å²) in [5, 5.41) is 2.69. The van der Waals surface area contributed by atoms with Gasteiger partial charge < -0.3 is 15.8 Å². The first-order chi connectivity index (χ1) is 10.0. The molecule has 0 bridgehead atoms. The van der Waals surface area contributed by atoms with E-state index in [0.717, 1.165) is 0 Å². The first-order valence-electron chi connectivity index (χ1n) is 6.32. The lowest BCUT2D eigenvalue weighted by atomic mass is 10.1. The lowest BCUT2D eigenvalue weighted by Gasteiger charge is -2.11. The quantitative estimate of drug-likeness (QED) is 0.824. The van der Waals surface area contributed by atoms with Gasteiger partial charge in [0.15, 0.2) is 5.75 Å². The summed E-state index contributed by atoms with van der Waals surface area (Å²) >= 11 is 3.07. The van der Waals surface area contributed by atoms with Crippen LogP contribution in [0.15, 0.2) is 40.9 Å². The molecule has 6 heteroatoms. The Hall–Kier alpha value is -2.08. The van der Waals surface area contributed by atoms with Crippen molar-refractivity contribution in [2.24, 2.45) is 0 Å². The van der Waals surface area contributed by atoms with E-state index in [2.05, 4.69) is 21.2 Å². The summed E-state index contributed by atoms with van der Waals surface area (Å²) in [6.45, 7) is 2.36. The molecule has 0 heterocycles. The van der Waals surface area contributed by atoms with Crippen molar-refractivity contribution < 1.29 is 13.9 Å². The SMILES string of the molecule is CCNC(=O)c1ccc(N)c(Oc2ccc(Br)c(F)c2)c1. The largest absolute Gasteiger partial charge is 0.455 e. The summed E-state index contributed by atoms with van der Waals surface area (Å²) in [6.07, 6.45) is 0. The van der Waals surface area contributed by atoms with Crippen LogP contribution in [-0.2, 0) is 0 Å². The number of nitrogen functional groups attached to an aromatic ring is 1. The molecule has 0 aromatic heterocycles. The lowest BCUT2D eigenvalue weighted by Crippen LogP contribution is -2.22. The Balaban J connectivity index is 2.28. The molecule has 110 valence electrons. The van der Waals surface area contributed by atoms with Crippen molar-refractivity contribution in [2.45, 2.75) is 6.92 Å². The Morgan fingerprint density at radius 3 is 2.76 bits per heavy atom. The van der Waals surface area contributed by atoms with Crippen LogP contribution in [0.2, 0.25) is 0 Å². The fraction of sp³-hybridized carbons (Fsp3) is 0.133. The maximum absolute atomic E-state index is 13.5. The van der Waals surface area contributed by atoms with Crippen molar-refractivity contribution in [1.29, 1.82) is 0 Å². The van der Waals surface area contributed by atoms with Crippen molar-refractivity contribution in [1.82, 2.24) is 5.32 Å². The minimum absolute atomic E-state index is 0.218. The Morgan fingerprint density at radius 1 is 1.33 bits per heavy atom. The molecule has 0 aliphatic rings. The summed E-state index contributed by atoms with van der Waals surface area (Å²) in [5.41, 5.74) is 6.62. The predicted molar refractivity (Wildman–Crippen MR) is 83.0 cm³/mol. The number of anilines is 1. The first-order valence-corrected chi connectivity index (χ1v) is 7.11. The Bertz CT molecular complexity index is 677. The van der Waals surface area contributed by atoms with Gasteiger partial charge in [0, 0.05) is 18.2 Å². The maximum atomic E-state index is 13.5. The van der Waals surface area contributed by atoms with Crippen LogP contribution in [0.5, 0.6) is 11.5 Å². The molecule has 0 spiro atoms. The van der Waals surface area contributed by atoms with E-state index in [1.54, 1.807) is 18.2 Å². The molecule has 4 nitrogen and oxygen atoms in total. The summed E-state index contributed by atoms with van der Waals surface area (Å²) in [7, 11) is 0. The molecule has 0 aliphatic heterocycles. The highest BCUT2D eigenvalue weighted by Crippen LogP contribution is 2.30. The van der Waals surface area contributed by atoms with E-state index in [4.69, 9.17) is 10.5 Å². The zero-order chi connectivity index (χ0) is 15.4. The number of hydrogen-bond donors (Lipinski definition) is 2.